The van der Waals surface area contributed by atoms with Gasteiger partial charge in [-0.15, -0.1) is 0 Å². The van der Waals surface area contributed by atoms with E-state index >= 15 is 0 Å². The Morgan fingerprint density at radius 3 is 1.72 bits per heavy atom. The molecule has 196 valence electrons. The highest BCUT2D eigenvalue weighted by atomic mass is 32.2. The van der Waals surface area contributed by atoms with E-state index in [0.29, 0.717) is 95.8 Å². The monoisotopic (exact) mass is 519 g/mol. The highest BCUT2D eigenvalue weighted by molar-refractivity contribution is 7.92. The molecule has 0 saturated carbocycles. The molecule has 10 nitrogen and oxygen atoms in total. The fourth-order valence-electron chi connectivity index (χ4n) is 5.15. The Balaban J connectivity index is 1.77. The molecule has 2 N–H and O–H groups in total. The molecule has 0 aromatic heterocycles. The summed E-state index contributed by atoms with van der Waals surface area (Å²) in [4.78, 5) is 5.94. The third kappa shape index (κ3) is 4.45. The molecule has 3 heterocycles. The van der Waals surface area contributed by atoms with Gasteiger partial charge in [-0.1, -0.05) is 12.1 Å². The Morgan fingerprint density at radius 2 is 1.17 bits per heavy atom. The van der Waals surface area contributed by atoms with E-state index in [-0.39, 0.29) is 21.2 Å². The van der Waals surface area contributed by atoms with Gasteiger partial charge in [0.25, 0.3) is 0 Å². The van der Waals surface area contributed by atoms with Gasteiger partial charge in [-0.3, -0.25) is 0 Å². The average molecular weight is 520 g/mol. The lowest BCUT2D eigenvalue weighted by Crippen LogP contribution is -2.40. The maximum atomic E-state index is 14.7. The van der Waals surface area contributed by atoms with Gasteiger partial charge >= 0.3 is 0 Å². The highest BCUT2D eigenvalue weighted by Crippen LogP contribution is 2.52. The summed E-state index contributed by atoms with van der Waals surface area (Å²) in [5.41, 5.74) is 1.47. The SMILES string of the molecule is Cc1c(O)c(O)c(N2CCOCC2)c(S(=O)(=O)c2ccccc2N2CCOCC2)c1N1CCOCC1. The van der Waals surface area contributed by atoms with E-state index < -0.39 is 15.6 Å². The summed E-state index contributed by atoms with van der Waals surface area (Å²) in [5.74, 6) is -0.729. The Labute approximate surface area is 211 Å². The van der Waals surface area contributed by atoms with Crippen LogP contribution >= 0.6 is 0 Å². The minimum Gasteiger partial charge on any atom is -0.504 e. The van der Waals surface area contributed by atoms with Crippen LogP contribution in [0, 0.1) is 6.92 Å². The van der Waals surface area contributed by atoms with Crippen LogP contribution < -0.4 is 14.7 Å². The smallest absolute Gasteiger partial charge is 0.212 e. The number of para-hydroxylation sites is 1. The molecule has 0 spiro atoms. The summed E-state index contributed by atoms with van der Waals surface area (Å²) in [6.45, 7) is 7.26. The van der Waals surface area contributed by atoms with Crippen LogP contribution in [0.5, 0.6) is 11.5 Å². The molecule has 36 heavy (non-hydrogen) atoms. The van der Waals surface area contributed by atoms with Crippen molar-refractivity contribution in [2.45, 2.75) is 16.7 Å². The minimum absolute atomic E-state index is 0.0137. The van der Waals surface area contributed by atoms with E-state index in [1.54, 1.807) is 24.0 Å². The summed E-state index contributed by atoms with van der Waals surface area (Å²) in [6.07, 6.45) is 0. The van der Waals surface area contributed by atoms with Crippen molar-refractivity contribution in [2.24, 2.45) is 0 Å². The highest BCUT2D eigenvalue weighted by Gasteiger charge is 2.38. The summed E-state index contributed by atoms with van der Waals surface area (Å²) in [5, 5.41) is 22.2. The number of hydrogen-bond acceptors (Lipinski definition) is 10. The molecule has 0 atom stereocenters. The van der Waals surface area contributed by atoms with Gasteiger partial charge in [0.05, 0.1) is 55.9 Å². The number of sulfone groups is 1. The largest absolute Gasteiger partial charge is 0.504 e. The van der Waals surface area contributed by atoms with Gasteiger partial charge in [0.15, 0.2) is 11.5 Å². The van der Waals surface area contributed by atoms with E-state index in [1.165, 1.54) is 0 Å². The molecule has 3 aliphatic rings. The van der Waals surface area contributed by atoms with Gasteiger partial charge in [0, 0.05) is 44.8 Å². The lowest BCUT2D eigenvalue weighted by atomic mass is 10.1. The number of benzene rings is 2. The number of hydrogen-bond donors (Lipinski definition) is 2. The van der Waals surface area contributed by atoms with Crippen molar-refractivity contribution in [2.75, 3.05) is 93.6 Å². The quantitative estimate of drug-likeness (QED) is 0.567. The number of nitrogens with zero attached hydrogens (tertiary/aromatic N) is 3. The number of aromatic hydroxyl groups is 2. The molecule has 3 fully saturated rings. The lowest BCUT2D eigenvalue weighted by molar-refractivity contribution is 0.121. The molecule has 5 rings (SSSR count). The molecular formula is C25H33N3O7S. The first-order chi connectivity index (χ1) is 17.4. The molecule has 3 saturated heterocycles. The fraction of sp³-hybridized carbons (Fsp3) is 0.520. The zero-order valence-electron chi connectivity index (χ0n) is 20.5. The summed E-state index contributed by atoms with van der Waals surface area (Å²) in [7, 11) is -4.16. The fourth-order valence-corrected chi connectivity index (χ4v) is 7.12. The lowest BCUT2D eigenvalue weighted by Gasteiger charge is -2.37. The summed E-state index contributed by atoms with van der Waals surface area (Å²) < 4.78 is 45.8. The number of phenolic OH excluding ortho intramolecular Hbond substituents is 2. The molecule has 0 unspecified atom stereocenters. The maximum absolute atomic E-state index is 14.7. The molecule has 0 bridgehead atoms. The number of ether oxygens (including phenoxy) is 3. The second-order valence-corrected chi connectivity index (χ2v) is 11.0. The van der Waals surface area contributed by atoms with Crippen LogP contribution in [0.3, 0.4) is 0 Å². The zero-order chi connectivity index (χ0) is 25.3. The number of morpholine rings is 3. The molecule has 11 heteroatoms. The molecule has 0 radical (unpaired) electrons. The third-order valence-corrected chi connectivity index (χ3v) is 8.87. The Hall–Kier alpha value is -2.73. The number of rotatable bonds is 5. The first kappa shape index (κ1) is 24.9. The van der Waals surface area contributed by atoms with Gasteiger partial charge in [0.1, 0.15) is 10.6 Å². The minimum atomic E-state index is -4.16. The van der Waals surface area contributed by atoms with E-state index in [0.717, 1.165) is 0 Å². The molecule has 2 aromatic carbocycles. The Morgan fingerprint density at radius 1 is 0.694 bits per heavy atom. The van der Waals surface area contributed by atoms with Crippen LogP contribution in [0.15, 0.2) is 34.1 Å². The van der Waals surface area contributed by atoms with Crippen LogP contribution in [0.1, 0.15) is 5.56 Å². The molecular weight excluding hydrogens is 486 g/mol. The second-order valence-electron chi connectivity index (χ2n) is 9.12. The Kier molecular flexibility index (Phi) is 7.16. The topological polar surface area (TPSA) is 112 Å². The van der Waals surface area contributed by atoms with E-state index in [4.69, 9.17) is 14.2 Å². The van der Waals surface area contributed by atoms with Crippen molar-refractivity contribution in [3.8, 4) is 11.5 Å². The predicted molar refractivity (Wildman–Crippen MR) is 135 cm³/mol. The molecule has 0 aliphatic carbocycles. The summed E-state index contributed by atoms with van der Waals surface area (Å²) >= 11 is 0. The van der Waals surface area contributed by atoms with Gasteiger partial charge < -0.3 is 39.1 Å². The molecule has 3 aliphatic heterocycles. The Bertz CT molecular complexity index is 1160. The van der Waals surface area contributed by atoms with Crippen LogP contribution in [0.25, 0.3) is 0 Å². The van der Waals surface area contributed by atoms with Gasteiger partial charge in [0.2, 0.25) is 9.84 Å². The van der Waals surface area contributed by atoms with Crippen LogP contribution in [-0.4, -0.2) is 97.5 Å². The van der Waals surface area contributed by atoms with Crippen LogP contribution in [0.2, 0.25) is 0 Å². The standard InChI is InChI=1S/C25H33N3O7S/c1-18-21(27-8-14-34-15-9-27)25(22(24(30)23(18)29)28-10-16-35-17-11-28)36(31,32)20-5-3-2-4-19(20)26-6-12-33-13-7-26/h2-5,29-30H,6-17H2,1H3. The van der Waals surface area contributed by atoms with Gasteiger partial charge in [-0.25, -0.2) is 8.42 Å². The van der Waals surface area contributed by atoms with Crippen molar-refractivity contribution in [3.63, 3.8) is 0 Å². The zero-order valence-corrected chi connectivity index (χ0v) is 21.3. The first-order valence-electron chi connectivity index (χ1n) is 12.3. The second kappa shape index (κ2) is 10.3. The van der Waals surface area contributed by atoms with Crippen LogP contribution in [-0.2, 0) is 24.0 Å². The van der Waals surface area contributed by atoms with Gasteiger partial charge in [-0.2, -0.15) is 0 Å². The predicted octanol–water partition coefficient (Wildman–Crippen LogP) is 1.75. The van der Waals surface area contributed by atoms with E-state index in [9.17, 15) is 18.6 Å². The van der Waals surface area contributed by atoms with Crippen molar-refractivity contribution in [1.82, 2.24) is 0 Å². The van der Waals surface area contributed by atoms with E-state index in [2.05, 4.69) is 0 Å². The van der Waals surface area contributed by atoms with E-state index in [1.807, 2.05) is 21.9 Å². The molecule has 0 amide bonds. The van der Waals surface area contributed by atoms with Crippen molar-refractivity contribution >= 4 is 26.9 Å². The van der Waals surface area contributed by atoms with Gasteiger partial charge in [-0.05, 0) is 19.1 Å². The first-order valence-corrected chi connectivity index (χ1v) is 13.8. The number of anilines is 3. The summed E-state index contributed by atoms with van der Waals surface area (Å²) in [6, 6.07) is 6.97. The van der Waals surface area contributed by atoms with Crippen molar-refractivity contribution in [1.29, 1.82) is 0 Å². The molecule has 2 aromatic rings. The average Bonchev–Trinajstić information content (AvgIpc) is 2.93. The third-order valence-electron chi connectivity index (χ3n) is 7.02. The number of phenols is 2. The van der Waals surface area contributed by atoms with Crippen LogP contribution in [0.4, 0.5) is 17.1 Å². The van der Waals surface area contributed by atoms with Crippen molar-refractivity contribution < 1.29 is 32.8 Å². The normalized spacial score (nSPS) is 19.5. The maximum Gasteiger partial charge on any atom is 0.212 e. The van der Waals surface area contributed by atoms with Crippen molar-refractivity contribution in [3.05, 3.63) is 29.8 Å².